The van der Waals surface area contributed by atoms with E-state index < -0.39 is 0 Å². The number of likely N-dealkylation sites (N-methyl/N-ethyl adjacent to an activating group) is 1. The lowest BCUT2D eigenvalue weighted by molar-refractivity contribution is 0.0731. The number of fused-ring (bicyclic) bond motifs is 1. The van der Waals surface area contributed by atoms with Crippen molar-refractivity contribution >= 4 is 22.8 Å². The van der Waals surface area contributed by atoms with E-state index in [-0.39, 0.29) is 17.9 Å². The van der Waals surface area contributed by atoms with Crippen molar-refractivity contribution in [2.24, 2.45) is 0 Å². The molecule has 2 heterocycles. The summed E-state index contributed by atoms with van der Waals surface area (Å²) in [6, 6.07) is 7.79. The molecule has 0 bridgehead atoms. The summed E-state index contributed by atoms with van der Waals surface area (Å²) in [7, 11) is 1.75. The van der Waals surface area contributed by atoms with E-state index >= 15 is 0 Å². The molecule has 32 heavy (non-hydrogen) atoms. The lowest BCUT2D eigenvalue weighted by Gasteiger charge is -2.25. The predicted molar refractivity (Wildman–Crippen MR) is 125 cm³/mol. The van der Waals surface area contributed by atoms with Crippen LogP contribution in [0.3, 0.4) is 0 Å². The molecule has 1 aromatic carbocycles. The number of carbonyl (C=O) groups is 2. The minimum Gasteiger partial charge on any atom is -0.350 e. The van der Waals surface area contributed by atoms with Crippen molar-refractivity contribution in [2.75, 3.05) is 13.6 Å². The van der Waals surface area contributed by atoms with Gasteiger partial charge >= 0.3 is 0 Å². The normalized spacial score (nSPS) is 15.1. The number of aromatic nitrogens is 3. The monoisotopic (exact) mass is 433 g/mol. The first-order valence-electron chi connectivity index (χ1n) is 11.3. The topological polar surface area (TPSA) is 80.1 Å². The first-order valence-corrected chi connectivity index (χ1v) is 11.3. The molecule has 0 spiro atoms. The van der Waals surface area contributed by atoms with Crippen LogP contribution in [0.5, 0.6) is 0 Å². The van der Waals surface area contributed by atoms with Crippen molar-refractivity contribution in [3.8, 4) is 0 Å². The smallest absolute Gasteiger partial charge is 0.255 e. The molecule has 1 N–H and O–H groups in total. The van der Waals surface area contributed by atoms with Gasteiger partial charge in [0.15, 0.2) is 5.65 Å². The van der Waals surface area contributed by atoms with Crippen molar-refractivity contribution < 1.29 is 9.59 Å². The summed E-state index contributed by atoms with van der Waals surface area (Å²) in [5.74, 6) is -0.247. The number of carbonyl (C=O) groups excluding carboxylic acids is 2. The Balaban J connectivity index is 1.41. The largest absolute Gasteiger partial charge is 0.350 e. The maximum Gasteiger partial charge on any atom is 0.255 e. The molecule has 2 amide bonds. The van der Waals surface area contributed by atoms with Crippen molar-refractivity contribution in [1.82, 2.24) is 25.0 Å². The quantitative estimate of drug-likeness (QED) is 0.636. The molecule has 1 fully saturated rings. The van der Waals surface area contributed by atoms with Crippen molar-refractivity contribution in [3.63, 3.8) is 0 Å². The average molecular weight is 434 g/mol. The Hall–Kier alpha value is -3.22. The number of hydrogen-bond acceptors (Lipinski definition) is 4. The van der Waals surface area contributed by atoms with Crippen LogP contribution in [0.1, 0.15) is 70.5 Å². The van der Waals surface area contributed by atoms with Gasteiger partial charge in [0.2, 0.25) is 0 Å². The van der Waals surface area contributed by atoms with Crippen LogP contribution < -0.4 is 5.32 Å². The molecule has 1 aliphatic carbocycles. The van der Waals surface area contributed by atoms with Gasteiger partial charge in [0.05, 0.1) is 17.8 Å². The highest BCUT2D eigenvalue weighted by Crippen LogP contribution is 2.31. The van der Waals surface area contributed by atoms with E-state index in [1.165, 1.54) is 12.8 Å². The number of pyridine rings is 1. The molecule has 4 rings (SSSR count). The van der Waals surface area contributed by atoms with Gasteiger partial charge < -0.3 is 10.2 Å². The number of rotatable bonds is 6. The third-order valence-electron chi connectivity index (χ3n) is 6.74. The third-order valence-corrected chi connectivity index (χ3v) is 6.74. The van der Waals surface area contributed by atoms with E-state index in [0.29, 0.717) is 23.7 Å². The van der Waals surface area contributed by atoms with Gasteiger partial charge in [-0.15, -0.1) is 0 Å². The van der Waals surface area contributed by atoms with Crippen LogP contribution in [-0.2, 0) is 0 Å². The molecular weight excluding hydrogens is 402 g/mol. The average Bonchev–Trinajstić information content (AvgIpc) is 3.47. The maximum absolute atomic E-state index is 13.1. The van der Waals surface area contributed by atoms with Crippen LogP contribution in [0.25, 0.3) is 11.0 Å². The van der Waals surface area contributed by atoms with Gasteiger partial charge in [0.25, 0.3) is 11.8 Å². The highest BCUT2D eigenvalue weighted by molar-refractivity contribution is 5.97. The molecule has 1 saturated carbocycles. The van der Waals surface area contributed by atoms with E-state index in [4.69, 9.17) is 0 Å². The molecular formula is C25H31N5O2. The zero-order chi connectivity index (χ0) is 22.8. The number of hydrogen-bond donors (Lipinski definition) is 1. The summed E-state index contributed by atoms with van der Waals surface area (Å²) >= 11 is 0. The second-order valence-corrected chi connectivity index (χ2v) is 8.89. The van der Waals surface area contributed by atoms with Crippen LogP contribution in [0.2, 0.25) is 0 Å². The minimum absolute atomic E-state index is 0.124. The van der Waals surface area contributed by atoms with E-state index in [0.717, 1.165) is 35.0 Å². The molecule has 0 aliphatic heterocycles. The summed E-state index contributed by atoms with van der Waals surface area (Å²) in [5, 5.41) is 8.37. The van der Waals surface area contributed by atoms with Crippen molar-refractivity contribution in [3.05, 3.63) is 58.9 Å². The van der Waals surface area contributed by atoms with Crippen LogP contribution in [0.15, 0.2) is 36.7 Å². The second-order valence-electron chi connectivity index (χ2n) is 8.89. The Morgan fingerprint density at radius 2 is 1.97 bits per heavy atom. The van der Waals surface area contributed by atoms with Gasteiger partial charge in [-0.05, 0) is 56.9 Å². The number of nitrogens with zero attached hydrogens (tertiary/aromatic N) is 4. The van der Waals surface area contributed by atoms with Gasteiger partial charge in [-0.3, -0.25) is 9.59 Å². The van der Waals surface area contributed by atoms with Gasteiger partial charge in [-0.25, -0.2) is 9.67 Å². The zero-order valence-electron chi connectivity index (χ0n) is 19.3. The number of benzene rings is 1. The minimum atomic E-state index is -0.173. The molecule has 7 nitrogen and oxygen atoms in total. The molecule has 1 atom stereocenters. The fourth-order valence-corrected chi connectivity index (χ4v) is 4.35. The lowest BCUT2D eigenvalue weighted by atomic mass is 10.0. The Bertz CT molecular complexity index is 1150. The van der Waals surface area contributed by atoms with E-state index in [2.05, 4.69) is 15.4 Å². The molecule has 1 aliphatic rings. The van der Waals surface area contributed by atoms with Crippen LogP contribution in [-0.4, -0.2) is 51.1 Å². The summed E-state index contributed by atoms with van der Waals surface area (Å²) in [6.07, 6.45) is 8.15. The Labute approximate surface area is 188 Å². The van der Waals surface area contributed by atoms with E-state index in [9.17, 15) is 9.59 Å². The number of amides is 2. The molecule has 7 heteroatoms. The molecule has 1 unspecified atom stereocenters. The number of aryl methyl sites for hydroxylation is 1. The summed E-state index contributed by atoms with van der Waals surface area (Å²) in [6.45, 7) is 6.22. The summed E-state index contributed by atoms with van der Waals surface area (Å²) < 4.78 is 2.01. The van der Waals surface area contributed by atoms with Gasteiger partial charge in [0, 0.05) is 36.8 Å². The van der Waals surface area contributed by atoms with Gasteiger partial charge in [-0.2, -0.15) is 5.10 Å². The SMILES string of the molecule is Cc1cccc(C(=O)NCC(C)N(C)C(=O)c2cnc3c(cnn3C3CCCC3)c2)c1C. The molecule has 2 aromatic heterocycles. The fraction of sp³-hybridized carbons (Fsp3) is 0.440. The van der Waals surface area contributed by atoms with E-state index in [1.54, 1.807) is 24.3 Å². The molecule has 3 aromatic rings. The van der Waals surface area contributed by atoms with E-state index in [1.807, 2.05) is 49.7 Å². The Morgan fingerprint density at radius 3 is 2.72 bits per heavy atom. The third kappa shape index (κ3) is 4.24. The first-order chi connectivity index (χ1) is 15.4. The van der Waals surface area contributed by atoms with Crippen molar-refractivity contribution in [1.29, 1.82) is 0 Å². The highest BCUT2D eigenvalue weighted by atomic mass is 16.2. The standard InChI is InChI=1S/C25H31N5O2/c1-16-8-7-11-22(18(16)3)24(31)27-13-17(2)29(4)25(32)20-12-19-15-28-30(23(19)26-14-20)21-9-5-6-10-21/h7-8,11-12,14-15,17,21H,5-6,9-10,13H2,1-4H3,(H,27,31). The number of nitrogens with one attached hydrogen (secondary N) is 1. The van der Waals surface area contributed by atoms with Gasteiger partial charge in [0.1, 0.15) is 0 Å². The summed E-state index contributed by atoms with van der Waals surface area (Å²) in [4.78, 5) is 31.9. The maximum atomic E-state index is 13.1. The van der Waals surface area contributed by atoms with Crippen molar-refractivity contribution in [2.45, 2.75) is 58.5 Å². The molecule has 0 radical (unpaired) electrons. The fourth-order valence-electron chi connectivity index (χ4n) is 4.35. The first kappa shape index (κ1) is 22.0. The van der Waals surface area contributed by atoms with Crippen LogP contribution in [0, 0.1) is 13.8 Å². The van der Waals surface area contributed by atoms with Crippen LogP contribution in [0.4, 0.5) is 0 Å². The highest BCUT2D eigenvalue weighted by Gasteiger charge is 2.23. The zero-order valence-corrected chi connectivity index (χ0v) is 19.3. The lowest BCUT2D eigenvalue weighted by Crippen LogP contribution is -2.43. The molecule has 0 saturated heterocycles. The van der Waals surface area contributed by atoms with Crippen LogP contribution >= 0.6 is 0 Å². The predicted octanol–water partition coefficient (Wildman–Crippen LogP) is 4.05. The summed E-state index contributed by atoms with van der Waals surface area (Å²) in [5.41, 5.74) is 4.08. The Kier molecular flexibility index (Phi) is 6.26. The molecule has 168 valence electrons. The second kappa shape index (κ2) is 9.10. The van der Waals surface area contributed by atoms with Gasteiger partial charge in [-0.1, -0.05) is 25.0 Å². The Morgan fingerprint density at radius 1 is 1.22 bits per heavy atom.